The van der Waals surface area contributed by atoms with E-state index in [1.807, 2.05) is 35.8 Å². The molecule has 5 heteroatoms. The van der Waals surface area contributed by atoms with Crippen LogP contribution in [0.3, 0.4) is 0 Å². The Bertz CT molecular complexity index is 487. The van der Waals surface area contributed by atoms with E-state index in [0.29, 0.717) is 12.2 Å². The Balaban J connectivity index is 2.18. The van der Waals surface area contributed by atoms with Crippen LogP contribution < -0.4 is 5.32 Å². The van der Waals surface area contributed by atoms with E-state index in [1.165, 1.54) is 0 Å². The Morgan fingerprint density at radius 1 is 1.53 bits per heavy atom. The molecule has 0 saturated heterocycles. The van der Waals surface area contributed by atoms with Crippen LogP contribution in [0.15, 0.2) is 30.6 Å². The number of carbonyl (C=O) groups is 1. The van der Waals surface area contributed by atoms with Gasteiger partial charge in [-0.3, -0.25) is 4.79 Å². The molecule has 0 atom stereocenters. The number of nitrogens with one attached hydrogen (secondary N) is 1. The second-order valence-corrected chi connectivity index (χ2v) is 3.92. The van der Waals surface area contributed by atoms with Crippen molar-refractivity contribution in [2.75, 3.05) is 27.2 Å². The minimum atomic E-state index is -0.0519. The van der Waals surface area contributed by atoms with Gasteiger partial charge in [-0.2, -0.15) is 0 Å². The molecular formula is C12H16N4O. The molecule has 90 valence electrons. The van der Waals surface area contributed by atoms with Crippen LogP contribution in [0, 0.1) is 0 Å². The van der Waals surface area contributed by atoms with Crippen molar-refractivity contribution < 1.29 is 4.79 Å². The van der Waals surface area contributed by atoms with Crippen LogP contribution in [-0.2, 0) is 0 Å². The summed E-state index contributed by atoms with van der Waals surface area (Å²) in [5.41, 5.74) is 1.27. The van der Waals surface area contributed by atoms with Gasteiger partial charge < -0.3 is 14.6 Å². The Morgan fingerprint density at radius 2 is 2.35 bits per heavy atom. The first-order chi connectivity index (χ1) is 8.22. The maximum Gasteiger partial charge on any atom is 0.273 e. The van der Waals surface area contributed by atoms with Crippen molar-refractivity contribution >= 4 is 11.6 Å². The van der Waals surface area contributed by atoms with E-state index in [2.05, 4.69) is 10.3 Å². The lowest BCUT2D eigenvalue weighted by molar-refractivity contribution is 0.0792. The molecule has 0 fully saturated rings. The van der Waals surface area contributed by atoms with Crippen LogP contribution in [0.2, 0.25) is 0 Å². The predicted octanol–water partition coefficient (Wildman–Crippen LogP) is 0.626. The lowest BCUT2D eigenvalue weighted by Gasteiger charge is -2.14. The van der Waals surface area contributed by atoms with Gasteiger partial charge in [0.1, 0.15) is 11.3 Å². The maximum atomic E-state index is 12.0. The van der Waals surface area contributed by atoms with Crippen molar-refractivity contribution in [1.82, 2.24) is 19.6 Å². The molecule has 17 heavy (non-hydrogen) atoms. The van der Waals surface area contributed by atoms with Crippen LogP contribution in [0.25, 0.3) is 5.65 Å². The summed E-state index contributed by atoms with van der Waals surface area (Å²) in [7, 11) is 3.65. The number of hydrogen-bond donors (Lipinski definition) is 1. The average Bonchev–Trinajstić information content (AvgIpc) is 2.78. The third-order valence-corrected chi connectivity index (χ3v) is 2.63. The van der Waals surface area contributed by atoms with Crippen molar-refractivity contribution in [3.8, 4) is 0 Å². The lowest BCUT2D eigenvalue weighted by atomic mass is 10.4. The highest BCUT2D eigenvalue weighted by molar-refractivity contribution is 5.92. The Hall–Kier alpha value is -1.88. The normalized spacial score (nSPS) is 10.7. The average molecular weight is 232 g/mol. The SMILES string of the molecule is CNCCN(C)C(=O)c1cn2ccccc2n1. The number of fused-ring (bicyclic) bond motifs is 1. The van der Waals surface area contributed by atoms with Gasteiger partial charge in [0.05, 0.1) is 0 Å². The fourth-order valence-corrected chi connectivity index (χ4v) is 1.61. The van der Waals surface area contributed by atoms with Crippen molar-refractivity contribution in [1.29, 1.82) is 0 Å². The van der Waals surface area contributed by atoms with Gasteiger partial charge in [0.15, 0.2) is 0 Å². The summed E-state index contributed by atoms with van der Waals surface area (Å²) < 4.78 is 1.85. The molecule has 0 radical (unpaired) electrons. The van der Waals surface area contributed by atoms with Crippen molar-refractivity contribution in [3.63, 3.8) is 0 Å². The highest BCUT2D eigenvalue weighted by atomic mass is 16.2. The lowest BCUT2D eigenvalue weighted by Crippen LogP contribution is -2.32. The van der Waals surface area contributed by atoms with Gasteiger partial charge in [-0.05, 0) is 19.2 Å². The van der Waals surface area contributed by atoms with E-state index >= 15 is 0 Å². The largest absolute Gasteiger partial charge is 0.339 e. The summed E-state index contributed by atoms with van der Waals surface area (Å²) in [6, 6.07) is 5.69. The fourth-order valence-electron chi connectivity index (χ4n) is 1.61. The van der Waals surface area contributed by atoms with Crippen molar-refractivity contribution in [2.45, 2.75) is 0 Å². The molecule has 0 aliphatic carbocycles. The van der Waals surface area contributed by atoms with Crippen LogP contribution in [0.4, 0.5) is 0 Å². The van der Waals surface area contributed by atoms with E-state index < -0.39 is 0 Å². The van der Waals surface area contributed by atoms with Crippen LogP contribution >= 0.6 is 0 Å². The second kappa shape index (κ2) is 4.97. The minimum Gasteiger partial charge on any atom is -0.339 e. The number of carbonyl (C=O) groups excluding carboxylic acids is 1. The Morgan fingerprint density at radius 3 is 3.06 bits per heavy atom. The molecule has 2 aromatic rings. The fraction of sp³-hybridized carbons (Fsp3) is 0.333. The van der Waals surface area contributed by atoms with Gasteiger partial charge in [0.2, 0.25) is 0 Å². The molecular weight excluding hydrogens is 216 g/mol. The van der Waals surface area contributed by atoms with E-state index in [1.54, 1.807) is 18.1 Å². The van der Waals surface area contributed by atoms with Crippen LogP contribution in [0.1, 0.15) is 10.5 Å². The second-order valence-electron chi connectivity index (χ2n) is 3.92. The summed E-state index contributed by atoms with van der Waals surface area (Å²) in [5, 5.41) is 3.01. The van der Waals surface area contributed by atoms with E-state index in [4.69, 9.17) is 0 Å². The number of likely N-dealkylation sites (N-methyl/N-ethyl adjacent to an activating group) is 2. The van der Waals surface area contributed by atoms with E-state index in [0.717, 1.165) is 12.2 Å². The van der Waals surface area contributed by atoms with Crippen LogP contribution in [-0.4, -0.2) is 47.4 Å². The molecule has 0 aliphatic rings. The van der Waals surface area contributed by atoms with E-state index in [9.17, 15) is 4.79 Å². The first kappa shape index (κ1) is 11.6. The monoisotopic (exact) mass is 232 g/mol. The highest BCUT2D eigenvalue weighted by Crippen LogP contribution is 2.06. The summed E-state index contributed by atoms with van der Waals surface area (Å²) >= 11 is 0. The number of aromatic nitrogens is 2. The molecule has 5 nitrogen and oxygen atoms in total. The number of hydrogen-bond acceptors (Lipinski definition) is 3. The molecule has 0 spiro atoms. The zero-order chi connectivity index (χ0) is 12.3. The van der Waals surface area contributed by atoms with E-state index in [-0.39, 0.29) is 5.91 Å². The summed E-state index contributed by atoms with van der Waals surface area (Å²) in [4.78, 5) is 18.0. The molecule has 2 heterocycles. The third-order valence-electron chi connectivity index (χ3n) is 2.63. The number of amides is 1. The molecule has 2 aromatic heterocycles. The molecule has 2 rings (SSSR count). The number of nitrogens with zero attached hydrogens (tertiary/aromatic N) is 3. The van der Waals surface area contributed by atoms with Crippen molar-refractivity contribution in [2.24, 2.45) is 0 Å². The quantitative estimate of drug-likeness (QED) is 0.841. The summed E-state index contributed by atoms with van der Waals surface area (Å²) in [6.07, 6.45) is 3.64. The van der Waals surface area contributed by atoms with Gasteiger partial charge in [0, 0.05) is 32.5 Å². The standard InChI is InChI=1S/C12H16N4O/c1-13-6-8-15(2)12(17)10-9-16-7-4-3-5-11(16)14-10/h3-5,7,9,13H,6,8H2,1-2H3. The number of pyridine rings is 1. The third kappa shape index (κ3) is 2.45. The molecule has 1 N–H and O–H groups in total. The summed E-state index contributed by atoms with van der Waals surface area (Å²) in [6.45, 7) is 1.44. The Kier molecular flexibility index (Phi) is 3.39. The van der Waals surface area contributed by atoms with Gasteiger partial charge >= 0.3 is 0 Å². The first-order valence-electron chi connectivity index (χ1n) is 5.56. The molecule has 0 bridgehead atoms. The van der Waals surface area contributed by atoms with Gasteiger partial charge in [-0.1, -0.05) is 6.07 Å². The number of imidazole rings is 1. The van der Waals surface area contributed by atoms with Crippen molar-refractivity contribution in [3.05, 3.63) is 36.3 Å². The van der Waals surface area contributed by atoms with Gasteiger partial charge in [-0.15, -0.1) is 0 Å². The minimum absolute atomic E-state index is 0.0519. The van der Waals surface area contributed by atoms with Gasteiger partial charge in [-0.25, -0.2) is 4.98 Å². The zero-order valence-corrected chi connectivity index (χ0v) is 10.1. The smallest absolute Gasteiger partial charge is 0.273 e. The predicted molar refractivity (Wildman–Crippen MR) is 66.1 cm³/mol. The molecule has 0 saturated carbocycles. The molecule has 0 aliphatic heterocycles. The molecule has 0 aromatic carbocycles. The highest BCUT2D eigenvalue weighted by Gasteiger charge is 2.14. The topological polar surface area (TPSA) is 49.6 Å². The Labute approximate surface area is 100 Å². The number of rotatable bonds is 4. The zero-order valence-electron chi connectivity index (χ0n) is 10.1. The maximum absolute atomic E-state index is 12.0. The molecule has 0 unspecified atom stereocenters. The van der Waals surface area contributed by atoms with Gasteiger partial charge in [0.25, 0.3) is 5.91 Å². The first-order valence-corrected chi connectivity index (χ1v) is 5.56. The molecule has 1 amide bonds. The van der Waals surface area contributed by atoms with Crippen LogP contribution in [0.5, 0.6) is 0 Å². The summed E-state index contributed by atoms with van der Waals surface area (Å²) in [5.74, 6) is -0.0519.